The first-order valence-corrected chi connectivity index (χ1v) is 33.5. The van der Waals surface area contributed by atoms with Gasteiger partial charge < -0.3 is 4.90 Å². The maximum Gasteiger partial charge on any atom is 0.0462 e. The molecule has 0 fully saturated rings. The van der Waals surface area contributed by atoms with Crippen molar-refractivity contribution in [2.24, 2.45) is 0 Å². The van der Waals surface area contributed by atoms with E-state index >= 15 is 0 Å². The lowest BCUT2D eigenvalue weighted by atomic mass is 9.85. The van der Waals surface area contributed by atoms with Crippen LogP contribution < -0.4 is 4.90 Å². The van der Waals surface area contributed by atoms with Gasteiger partial charge in [0.05, 0.1) is 0 Å². The second kappa shape index (κ2) is 24.3. The molecule has 97 heavy (non-hydrogen) atoms. The molecule has 18 aromatic rings. The Morgan fingerprint density at radius 3 is 0.485 bits per heavy atom. The maximum atomic E-state index is 2.42. The third-order valence-corrected chi connectivity index (χ3v) is 19.8. The number of rotatable bonds is 12. The molecule has 0 aromatic heterocycles. The summed E-state index contributed by atoms with van der Waals surface area (Å²) in [4.78, 5) is 2.40. The fourth-order valence-corrected chi connectivity index (χ4v) is 15.4. The Kier molecular flexibility index (Phi) is 14.3. The molecule has 0 radical (unpaired) electrons. The molecule has 0 unspecified atom stereocenters. The quantitative estimate of drug-likeness (QED) is 0.110. The topological polar surface area (TPSA) is 3.24 Å². The van der Waals surface area contributed by atoms with E-state index in [1.807, 2.05) is 0 Å². The first-order chi connectivity index (χ1) is 48.1. The molecule has 0 saturated carbocycles. The van der Waals surface area contributed by atoms with Crippen LogP contribution in [0.4, 0.5) is 17.1 Å². The van der Waals surface area contributed by atoms with Crippen LogP contribution in [0.15, 0.2) is 382 Å². The van der Waals surface area contributed by atoms with Gasteiger partial charge >= 0.3 is 0 Å². The molecule has 1 heteroatoms. The van der Waals surface area contributed by atoms with Gasteiger partial charge in [0.25, 0.3) is 0 Å². The summed E-state index contributed by atoms with van der Waals surface area (Å²) in [6, 6.07) is 141. The van der Waals surface area contributed by atoms with E-state index in [0.717, 1.165) is 50.4 Å². The predicted octanol–water partition coefficient (Wildman–Crippen LogP) is 27.1. The lowest BCUT2D eigenvalue weighted by molar-refractivity contribution is 1.28. The van der Waals surface area contributed by atoms with Crippen LogP contribution >= 0.6 is 0 Å². The molecule has 18 rings (SSSR count). The molecule has 0 aliphatic heterocycles. The lowest BCUT2D eigenvalue weighted by Crippen LogP contribution is -2.09. The van der Waals surface area contributed by atoms with Gasteiger partial charge in [0.1, 0.15) is 0 Å². The molecule has 0 heterocycles. The van der Waals surface area contributed by atoms with E-state index in [9.17, 15) is 0 Å². The number of hydrogen-bond donors (Lipinski definition) is 0. The maximum absolute atomic E-state index is 2.42. The number of benzene rings is 18. The highest BCUT2D eigenvalue weighted by Crippen LogP contribution is 2.50. The number of fused-ring (bicyclic) bond motifs is 6. The van der Waals surface area contributed by atoms with Crippen LogP contribution in [0.1, 0.15) is 0 Å². The van der Waals surface area contributed by atoms with Crippen molar-refractivity contribution in [2.45, 2.75) is 0 Å². The van der Waals surface area contributed by atoms with E-state index in [0.29, 0.717) is 0 Å². The first kappa shape index (κ1) is 57.0. The largest absolute Gasteiger partial charge is 0.311 e. The minimum absolute atomic E-state index is 1.06. The van der Waals surface area contributed by atoms with Gasteiger partial charge in [-0.1, -0.05) is 328 Å². The van der Waals surface area contributed by atoms with Crippen LogP contribution in [0.3, 0.4) is 0 Å². The molecular weight excluding hydrogens is 1170 g/mol. The molecule has 452 valence electrons. The third-order valence-electron chi connectivity index (χ3n) is 19.8. The molecule has 0 N–H and O–H groups in total. The Morgan fingerprint density at radius 2 is 0.278 bits per heavy atom. The van der Waals surface area contributed by atoms with Crippen molar-refractivity contribution in [3.05, 3.63) is 382 Å². The molecule has 0 aliphatic carbocycles. The Hall–Kier alpha value is -12.7. The van der Waals surface area contributed by atoms with E-state index in [-0.39, 0.29) is 0 Å². The molecule has 1 nitrogen and oxygen atoms in total. The van der Waals surface area contributed by atoms with Crippen molar-refractivity contribution in [2.75, 3.05) is 4.90 Å². The summed E-state index contributed by atoms with van der Waals surface area (Å²) in [5.74, 6) is 0. The zero-order valence-electron chi connectivity index (χ0n) is 53.3. The SMILES string of the molecule is c1ccc(-c2c3ccccc3c(-c3ccccc3)c3cc(-c4ccc(N(c5ccc(-c6ccc7c(-c8ccccc8)c8ccccc8c(-c8ccccc8)c7c6)cc5)c5ccc(-c6ccc7c(-c8ccccc8)c8ccccc8c(-c8ccccc8)c7c6)cc5)cc4)ccc23)cc1. The summed E-state index contributed by atoms with van der Waals surface area (Å²) in [6.45, 7) is 0. The summed E-state index contributed by atoms with van der Waals surface area (Å²) >= 11 is 0. The minimum Gasteiger partial charge on any atom is -0.311 e. The number of anilines is 3. The normalized spacial score (nSPS) is 11.5. The van der Waals surface area contributed by atoms with Crippen LogP contribution in [0.25, 0.3) is 165 Å². The van der Waals surface area contributed by atoms with Gasteiger partial charge in [0.15, 0.2) is 0 Å². The standard InChI is InChI=1S/C96H63N/c1-7-25-67(26-8-1)91-79-37-19-22-40-82(79)94(70-31-13-4-14-32-70)88-61-73(49-58-85(88)91)64-43-52-76(53-44-64)97(77-54-45-65(46-55-77)74-50-59-86-89(62-74)95(71-33-15-5-16-34-71)83-41-23-20-38-80(83)92(86)68-27-9-2-10-28-68)78-56-47-66(48-57-78)75-51-60-87-90(63-75)96(72-35-17-6-18-36-72)84-42-24-21-39-81(84)93(87)69-29-11-3-12-30-69/h1-63H. The highest BCUT2D eigenvalue weighted by molar-refractivity contribution is 6.25. The van der Waals surface area contributed by atoms with Crippen molar-refractivity contribution in [3.8, 4) is 100 Å². The van der Waals surface area contributed by atoms with Gasteiger partial charge in [-0.2, -0.15) is 0 Å². The van der Waals surface area contributed by atoms with Crippen LogP contribution in [0.2, 0.25) is 0 Å². The zero-order valence-corrected chi connectivity index (χ0v) is 53.3. The Balaban J connectivity index is 0.775. The molecule has 0 aliphatic rings. The van der Waals surface area contributed by atoms with Crippen molar-refractivity contribution in [1.29, 1.82) is 0 Å². The summed E-state index contributed by atoms with van der Waals surface area (Å²) in [7, 11) is 0. The molecule has 0 bridgehead atoms. The van der Waals surface area contributed by atoms with Gasteiger partial charge in [-0.25, -0.2) is 0 Å². The smallest absolute Gasteiger partial charge is 0.0462 e. The fourth-order valence-electron chi connectivity index (χ4n) is 15.4. The second-order valence-corrected chi connectivity index (χ2v) is 25.3. The first-order valence-electron chi connectivity index (χ1n) is 33.5. The Bertz CT molecular complexity index is 5380. The predicted molar refractivity (Wildman–Crippen MR) is 415 cm³/mol. The van der Waals surface area contributed by atoms with Gasteiger partial charge in [-0.05, 0) is 219 Å². The zero-order chi connectivity index (χ0) is 64.2. The Morgan fingerprint density at radius 1 is 0.113 bits per heavy atom. The number of nitrogens with zero attached hydrogens (tertiary/aromatic N) is 1. The highest BCUT2D eigenvalue weighted by Gasteiger charge is 2.23. The molecule has 0 atom stereocenters. The summed E-state index contributed by atoms with van der Waals surface area (Å²) in [5, 5.41) is 14.9. The van der Waals surface area contributed by atoms with Crippen LogP contribution in [0, 0.1) is 0 Å². The molecule has 18 aromatic carbocycles. The Labute approximate surface area is 565 Å². The van der Waals surface area contributed by atoms with Gasteiger partial charge in [0.2, 0.25) is 0 Å². The monoisotopic (exact) mass is 1230 g/mol. The van der Waals surface area contributed by atoms with E-state index in [1.165, 1.54) is 131 Å². The van der Waals surface area contributed by atoms with E-state index in [4.69, 9.17) is 0 Å². The van der Waals surface area contributed by atoms with Crippen molar-refractivity contribution in [3.63, 3.8) is 0 Å². The van der Waals surface area contributed by atoms with Crippen LogP contribution in [0.5, 0.6) is 0 Å². The summed E-state index contributed by atoms with van der Waals surface area (Å²) in [6.07, 6.45) is 0. The lowest BCUT2D eigenvalue weighted by Gasteiger charge is -2.26. The number of hydrogen-bond acceptors (Lipinski definition) is 1. The van der Waals surface area contributed by atoms with Crippen molar-refractivity contribution >= 4 is 81.7 Å². The van der Waals surface area contributed by atoms with E-state index < -0.39 is 0 Å². The van der Waals surface area contributed by atoms with Gasteiger partial charge in [-0.15, -0.1) is 0 Å². The van der Waals surface area contributed by atoms with Crippen LogP contribution in [-0.4, -0.2) is 0 Å². The minimum atomic E-state index is 1.06. The van der Waals surface area contributed by atoms with Crippen molar-refractivity contribution < 1.29 is 0 Å². The highest BCUT2D eigenvalue weighted by atomic mass is 15.1. The molecule has 0 spiro atoms. The van der Waals surface area contributed by atoms with E-state index in [2.05, 4.69) is 387 Å². The molecular formula is C96H63N. The van der Waals surface area contributed by atoms with E-state index in [1.54, 1.807) is 0 Å². The molecule has 0 amide bonds. The average molecular weight is 1230 g/mol. The average Bonchev–Trinajstić information content (AvgIpc) is 0.750. The second-order valence-electron chi connectivity index (χ2n) is 25.3. The van der Waals surface area contributed by atoms with Gasteiger partial charge in [-0.3, -0.25) is 0 Å². The van der Waals surface area contributed by atoms with Crippen LogP contribution in [-0.2, 0) is 0 Å². The fraction of sp³-hybridized carbons (Fsp3) is 0. The van der Waals surface area contributed by atoms with Gasteiger partial charge in [0, 0.05) is 17.1 Å². The molecule has 0 saturated heterocycles. The third kappa shape index (κ3) is 10.1. The summed E-state index contributed by atoms with van der Waals surface area (Å²) < 4.78 is 0. The van der Waals surface area contributed by atoms with Crippen molar-refractivity contribution in [1.82, 2.24) is 0 Å². The summed E-state index contributed by atoms with van der Waals surface area (Å²) in [5.41, 5.74) is 24.9.